The Hall–Kier alpha value is -0.610. The molecule has 2 N–H and O–H groups in total. The van der Waals surface area contributed by atoms with Crippen LogP contribution in [0.4, 0.5) is 0 Å². The van der Waals surface area contributed by atoms with Crippen molar-refractivity contribution in [1.29, 1.82) is 0 Å². The zero-order valence-corrected chi connectivity index (χ0v) is 5.58. The van der Waals surface area contributed by atoms with Crippen LogP contribution in [0.25, 0.3) is 0 Å². The topological polar surface area (TPSA) is 72.2 Å². The third-order valence-corrected chi connectivity index (χ3v) is 1.55. The average Bonchev–Trinajstić information content (AvgIpc) is 1.88. The highest BCUT2D eigenvalue weighted by Crippen LogP contribution is 2.13. The van der Waals surface area contributed by atoms with Gasteiger partial charge in [0, 0.05) is 12.8 Å². The Balaban J connectivity index is 2.39. The molecule has 1 aliphatic heterocycles. The Labute approximate surface area is 59.0 Å². The van der Waals surface area contributed by atoms with E-state index >= 15 is 0 Å². The molecule has 2 atom stereocenters. The van der Waals surface area contributed by atoms with Gasteiger partial charge in [-0.15, -0.1) is 0 Å². The van der Waals surface area contributed by atoms with E-state index in [1.807, 2.05) is 0 Å². The summed E-state index contributed by atoms with van der Waals surface area (Å²) in [6, 6.07) is 0. The molecule has 1 heterocycles. The van der Waals surface area contributed by atoms with Gasteiger partial charge < -0.3 is 10.5 Å². The molecule has 1 amide bonds. The van der Waals surface area contributed by atoms with Crippen molar-refractivity contribution in [2.45, 2.75) is 25.0 Å². The second kappa shape index (κ2) is 2.98. The molecule has 4 heteroatoms. The van der Waals surface area contributed by atoms with Crippen molar-refractivity contribution in [2.75, 3.05) is 6.61 Å². The molecular formula is C6H10NO3. The van der Waals surface area contributed by atoms with Crippen molar-refractivity contribution in [2.24, 2.45) is 5.73 Å². The van der Waals surface area contributed by atoms with Crippen molar-refractivity contribution in [3.05, 3.63) is 0 Å². The summed E-state index contributed by atoms with van der Waals surface area (Å²) in [5.74, 6) is -0.527. The third kappa shape index (κ3) is 1.68. The van der Waals surface area contributed by atoms with Gasteiger partial charge in [-0.2, -0.15) is 0 Å². The lowest BCUT2D eigenvalue weighted by atomic mass is 10.1. The molecule has 1 saturated heterocycles. The quantitative estimate of drug-likeness (QED) is 0.536. The van der Waals surface area contributed by atoms with Crippen LogP contribution >= 0.6 is 0 Å². The molecule has 2 unspecified atom stereocenters. The number of hydrogen-bond acceptors (Lipinski definition) is 2. The first-order valence-electron chi connectivity index (χ1n) is 3.27. The second-order valence-electron chi connectivity index (χ2n) is 2.41. The van der Waals surface area contributed by atoms with E-state index in [1.165, 1.54) is 0 Å². The van der Waals surface area contributed by atoms with Gasteiger partial charge in [-0.25, -0.2) is 5.11 Å². The van der Waals surface area contributed by atoms with Crippen LogP contribution < -0.4 is 5.73 Å². The summed E-state index contributed by atoms with van der Waals surface area (Å²) < 4.78 is 4.94. The SMILES string of the molecule is NC(=O)C1CC([O])CCO1. The predicted octanol–water partition coefficient (Wildman–Crippen LogP) is -0.550. The molecule has 1 radical (unpaired) electrons. The van der Waals surface area contributed by atoms with Crippen LogP contribution in [0.2, 0.25) is 0 Å². The lowest BCUT2D eigenvalue weighted by molar-refractivity contribution is -0.138. The maximum atomic E-state index is 10.8. The summed E-state index contributed by atoms with van der Waals surface area (Å²) in [7, 11) is 0. The van der Waals surface area contributed by atoms with E-state index in [4.69, 9.17) is 10.5 Å². The maximum Gasteiger partial charge on any atom is 0.246 e. The van der Waals surface area contributed by atoms with Gasteiger partial charge in [-0.3, -0.25) is 4.79 Å². The van der Waals surface area contributed by atoms with Crippen molar-refractivity contribution in [3.63, 3.8) is 0 Å². The second-order valence-corrected chi connectivity index (χ2v) is 2.41. The van der Waals surface area contributed by atoms with Crippen molar-refractivity contribution in [1.82, 2.24) is 0 Å². The standard InChI is InChI=1S/C6H10NO3/c7-6(9)5-3-4(8)1-2-10-5/h4-5H,1-3H2,(H2,7,9). The van der Waals surface area contributed by atoms with Crippen molar-refractivity contribution in [3.8, 4) is 0 Å². The lowest BCUT2D eigenvalue weighted by Crippen LogP contribution is -2.38. The smallest absolute Gasteiger partial charge is 0.246 e. The number of ether oxygens (including phenoxy) is 1. The Kier molecular flexibility index (Phi) is 2.24. The van der Waals surface area contributed by atoms with Gasteiger partial charge in [0.2, 0.25) is 5.91 Å². The maximum absolute atomic E-state index is 10.8. The number of rotatable bonds is 1. The fourth-order valence-electron chi connectivity index (χ4n) is 0.965. The summed E-state index contributed by atoms with van der Waals surface area (Å²) in [5, 5.41) is 10.8. The molecule has 0 aliphatic carbocycles. The van der Waals surface area contributed by atoms with Gasteiger partial charge in [-0.05, 0) is 0 Å². The zero-order valence-electron chi connectivity index (χ0n) is 5.58. The van der Waals surface area contributed by atoms with Crippen LogP contribution in [0.5, 0.6) is 0 Å². The molecule has 0 aromatic heterocycles. The van der Waals surface area contributed by atoms with Gasteiger partial charge >= 0.3 is 0 Å². The molecule has 10 heavy (non-hydrogen) atoms. The number of hydrogen-bond donors (Lipinski definition) is 1. The van der Waals surface area contributed by atoms with Gasteiger partial charge in [0.05, 0.1) is 12.7 Å². The fourth-order valence-corrected chi connectivity index (χ4v) is 0.965. The van der Waals surface area contributed by atoms with E-state index in [1.54, 1.807) is 0 Å². The fraction of sp³-hybridized carbons (Fsp3) is 0.833. The van der Waals surface area contributed by atoms with Crippen molar-refractivity contribution < 1.29 is 14.6 Å². The van der Waals surface area contributed by atoms with E-state index in [2.05, 4.69) is 0 Å². The zero-order chi connectivity index (χ0) is 7.56. The Bertz CT molecular complexity index is 137. The Morgan fingerprint density at radius 2 is 2.30 bits per heavy atom. The number of nitrogens with two attached hydrogens (primary N) is 1. The minimum Gasteiger partial charge on any atom is -0.368 e. The Morgan fingerprint density at radius 1 is 1.60 bits per heavy atom. The first-order chi connectivity index (χ1) is 4.70. The van der Waals surface area contributed by atoms with E-state index in [0.717, 1.165) is 0 Å². The molecular weight excluding hydrogens is 134 g/mol. The minimum absolute atomic E-state index is 0.231. The van der Waals surface area contributed by atoms with Crippen LogP contribution in [-0.4, -0.2) is 24.7 Å². The third-order valence-electron chi connectivity index (χ3n) is 1.55. The van der Waals surface area contributed by atoms with Gasteiger partial charge in [0.25, 0.3) is 0 Å². The monoisotopic (exact) mass is 144 g/mol. The number of carbonyl (C=O) groups excluding carboxylic acids is 1. The number of primary amides is 1. The highest BCUT2D eigenvalue weighted by atomic mass is 16.5. The molecule has 0 saturated carbocycles. The first kappa shape index (κ1) is 7.50. The van der Waals surface area contributed by atoms with Gasteiger partial charge in [-0.1, -0.05) is 0 Å². The summed E-state index contributed by atoms with van der Waals surface area (Å²) in [6.07, 6.45) is -0.596. The summed E-state index contributed by atoms with van der Waals surface area (Å²) >= 11 is 0. The van der Waals surface area contributed by atoms with E-state index in [9.17, 15) is 9.90 Å². The highest BCUT2D eigenvalue weighted by Gasteiger charge is 2.25. The molecule has 0 bridgehead atoms. The lowest BCUT2D eigenvalue weighted by Gasteiger charge is -2.22. The summed E-state index contributed by atoms with van der Waals surface area (Å²) in [6.45, 7) is 0.363. The van der Waals surface area contributed by atoms with Crippen LogP contribution in [-0.2, 0) is 14.6 Å². The molecule has 4 nitrogen and oxygen atoms in total. The Morgan fingerprint density at radius 3 is 2.70 bits per heavy atom. The minimum atomic E-state index is -0.675. The van der Waals surface area contributed by atoms with E-state index in [0.29, 0.717) is 13.0 Å². The van der Waals surface area contributed by atoms with Gasteiger partial charge in [0.15, 0.2) is 0 Å². The molecule has 57 valence electrons. The average molecular weight is 144 g/mol. The molecule has 0 spiro atoms. The number of amides is 1. The molecule has 1 fully saturated rings. The van der Waals surface area contributed by atoms with Crippen molar-refractivity contribution >= 4 is 5.91 Å². The van der Waals surface area contributed by atoms with Crippen LogP contribution in [0.1, 0.15) is 12.8 Å². The number of carbonyl (C=O) groups is 1. The van der Waals surface area contributed by atoms with Crippen LogP contribution in [0, 0.1) is 0 Å². The molecule has 0 aromatic carbocycles. The molecule has 1 rings (SSSR count). The first-order valence-corrected chi connectivity index (χ1v) is 3.27. The summed E-state index contributed by atoms with van der Waals surface area (Å²) in [5.41, 5.74) is 4.93. The predicted molar refractivity (Wildman–Crippen MR) is 32.6 cm³/mol. The van der Waals surface area contributed by atoms with Gasteiger partial charge in [0.1, 0.15) is 6.10 Å². The van der Waals surface area contributed by atoms with E-state index in [-0.39, 0.29) is 6.42 Å². The molecule has 0 aromatic rings. The van der Waals surface area contributed by atoms with Crippen LogP contribution in [0.15, 0.2) is 0 Å². The normalized spacial score (nSPS) is 33.7. The molecule has 1 aliphatic rings. The van der Waals surface area contributed by atoms with Crippen LogP contribution in [0.3, 0.4) is 0 Å². The highest BCUT2D eigenvalue weighted by molar-refractivity contribution is 5.78. The van der Waals surface area contributed by atoms with E-state index < -0.39 is 18.1 Å². The summed E-state index contributed by atoms with van der Waals surface area (Å²) in [4.78, 5) is 10.5. The largest absolute Gasteiger partial charge is 0.368 e.